The number of likely N-dealkylation sites (N-methyl/N-ethyl adjacent to an activating group) is 1. The molecule has 0 aliphatic heterocycles. The van der Waals surface area contributed by atoms with Crippen LogP contribution in [-0.4, -0.2) is 38.5 Å². The second-order valence-electron chi connectivity index (χ2n) is 4.78. The third-order valence-electron chi connectivity index (χ3n) is 2.91. The van der Waals surface area contributed by atoms with E-state index in [1.54, 1.807) is 7.05 Å². The predicted octanol–water partition coefficient (Wildman–Crippen LogP) is 1.83. The molecule has 5 nitrogen and oxygen atoms in total. The van der Waals surface area contributed by atoms with Crippen molar-refractivity contribution in [3.05, 3.63) is 35.7 Å². The van der Waals surface area contributed by atoms with Gasteiger partial charge in [0.05, 0.1) is 7.05 Å². The fraction of sp³-hybridized carbons (Fsp3) is 0.500. The second-order valence-corrected chi connectivity index (χ2v) is 5.87. The van der Waals surface area contributed by atoms with E-state index in [1.807, 2.05) is 11.8 Å². The number of thioether (sulfide) groups is 1. The summed E-state index contributed by atoms with van der Waals surface area (Å²) in [6.07, 6.45) is 0.806. The van der Waals surface area contributed by atoms with Gasteiger partial charge < -0.3 is 5.32 Å². The molecular weight excluding hydrogens is 270 g/mol. The van der Waals surface area contributed by atoms with E-state index in [1.165, 1.54) is 15.3 Å². The van der Waals surface area contributed by atoms with Crippen LogP contribution in [-0.2, 0) is 13.5 Å². The van der Waals surface area contributed by atoms with Gasteiger partial charge in [-0.15, -0.1) is 22.0 Å². The lowest BCUT2D eigenvalue weighted by Gasteiger charge is -2.15. The summed E-state index contributed by atoms with van der Waals surface area (Å²) in [5.74, 6) is 1.79. The molecule has 0 radical (unpaired) electrons. The number of aromatic nitrogens is 4. The maximum atomic E-state index is 4.25. The first-order valence-electron chi connectivity index (χ1n) is 6.83. The predicted molar refractivity (Wildman–Crippen MR) is 81.9 cm³/mol. The molecule has 1 atom stereocenters. The Morgan fingerprint density at radius 3 is 2.90 bits per heavy atom. The van der Waals surface area contributed by atoms with E-state index in [-0.39, 0.29) is 0 Å². The number of nitrogens with zero attached hydrogens (tertiary/aromatic N) is 4. The molecule has 0 aliphatic rings. The van der Waals surface area contributed by atoms with Crippen LogP contribution in [0.4, 0.5) is 0 Å². The highest BCUT2D eigenvalue weighted by molar-refractivity contribution is 7.99. The summed E-state index contributed by atoms with van der Waals surface area (Å²) in [6.45, 7) is 5.18. The van der Waals surface area contributed by atoms with Gasteiger partial charge in [-0.05, 0) is 30.8 Å². The smallest absolute Gasteiger partial charge is 0.176 e. The maximum absolute atomic E-state index is 4.25. The molecule has 0 fully saturated rings. The molecule has 1 heterocycles. The van der Waals surface area contributed by atoms with Crippen molar-refractivity contribution in [1.29, 1.82) is 0 Å². The van der Waals surface area contributed by atoms with Crippen LogP contribution in [0.1, 0.15) is 18.3 Å². The summed E-state index contributed by atoms with van der Waals surface area (Å²) < 4.78 is 0. The molecule has 0 saturated heterocycles. The lowest BCUT2D eigenvalue weighted by molar-refractivity contribution is 0.556. The third kappa shape index (κ3) is 4.61. The van der Waals surface area contributed by atoms with Gasteiger partial charge in [-0.3, -0.25) is 0 Å². The van der Waals surface area contributed by atoms with Crippen molar-refractivity contribution in [2.45, 2.75) is 31.2 Å². The molecule has 0 bridgehead atoms. The first-order chi connectivity index (χ1) is 9.67. The first kappa shape index (κ1) is 15.0. The van der Waals surface area contributed by atoms with Crippen LogP contribution >= 0.6 is 11.8 Å². The lowest BCUT2D eigenvalue weighted by Crippen LogP contribution is -2.33. The number of aryl methyl sites for hydroxylation is 2. The van der Waals surface area contributed by atoms with Gasteiger partial charge in [-0.2, -0.15) is 4.80 Å². The minimum absolute atomic E-state index is 0.356. The Morgan fingerprint density at radius 2 is 2.25 bits per heavy atom. The molecule has 2 rings (SSSR count). The molecular formula is C14H21N5S. The standard InChI is InChI=1S/C14H21N5S/c1-4-15-12(9-14-16-18-19(3)17-14)10-20-13-7-5-6-11(2)8-13/h5-8,12,15H,4,9-10H2,1-3H3. The van der Waals surface area contributed by atoms with Crippen LogP contribution in [0.25, 0.3) is 0 Å². The summed E-state index contributed by atoms with van der Waals surface area (Å²) in [5, 5.41) is 15.7. The van der Waals surface area contributed by atoms with Crippen LogP contribution in [0, 0.1) is 6.92 Å². The average Bonchev–Trinajstić information content (AvgIpc) is 2.82. The molecule has 0 amide bonds. The molecule has 108 valence electrons. The molecule has 0 saturated carbocycles. The zero-order valence-electron chi connectivity index (χ0n) is 12.2. The van der Waals surface area contributed by atoms with E-state index in [4.69, 9.17) is 0 Å². The van der Waals surface area contributed by atoms with Gasteiger partial charge in [0.25, 0.3) is 0 Å². The number of benzene rings is 1. The topological polar surface area (TPSA) is 55.6 Å². The molecule has 1 unspecified atom stereocenters. The van der Waals surface area contributed by atoms with E-state index in [0.717, 1.165) is 24.5 Å². The van der Waals surface area contributed by atoms with Crippen molar-refractivity contribution in [3.63, 3.8) is 0 Å². The Kier molecular flexibility index (Phi) is 5.55. The van der Waals surface area contributed by atoms with Crippen LogP contribution in [0.3, 0.4) is 0 Å². The summed E-state index contributed by atoms with van der Waals surface area (Å²) in [5.41, 5.74) is 1.30. The summed E-state index contributed by atoms with van der Waals surface area (Å²) in [6, 6.07) is 8.95. The minimum atomic E-state index is 0.356. The molecule has 1 aromatic heterocycles. The fourth-order valence-corrected chi connectivity index (χ4v) is 3.08. The Morgan fingerprint density at radius 1 is 1.40 bits per heavy atom. The largest absolute Gasteiger partial charge is 0.313 e. The maximum Gasteiger partial charge on any atom is 0.176 e. The lowest BCUT2D eigenvalue weighted by atomic mass is 10.2. The highest BCUT2D eigenvalue weighted by Crippen LogP contribution is 2.20. The van der Waals surface area contributed by atoms with Crippen molar-refractivity contribution in [2.75, 3.05) is 12.3 Å². The zero-order valence-corrected chi connectivity index (χ0v) is 13.0. The van der Waals surface area contributed by atoms with Crippen LogP contribution < -0.4 is 5.32 Å². The Bertz CT molecular complexity index is 540. The van der Waals surface area contributed by atoms with Crippen LogP contribution in [0.2, 0.25) is 0 Å². The summed E-state index contributed by atoms with van der Waals surface area (Å²) >= 11 is 1.86. The van der Waals surface area contributed by atoms with Crippen molar-refractivity contribution >= 4 is 11.8 Å². The van der Waals surface area contributed by atoms with Gasteiger partial charge in [0, 0.05) is 23.1 Å². The Labute approximate surface area is 124 Å². The molecule has 2 aromatic rings. The van der Waals surface area contributed by atoms with Gasteiger partial charge in [-0.25, -0.2) is 0 Å². The summed E-state index contributed by atoms with van der Waals surface area (Å²) in [4.78, 5) is 2.81. The van der Waals surface area contributed by atoms with Crippen LogP contribution in [0.5, 0.6) is 0 Å². The molecule has 0 aliphatic carbocycles. The monoisotopic (exact) mass is 291 g/mol. The van der Waals surface area contributed by atoms with Crippen LogP contribution in [0.15, 0.2) is 29.2 Å². The van der Waals surface area contributed by atoms with Gasteiger partial charge in [0.15, 0.2) is 5.82 Å². The van der Waals surface area contributed by atoms with E-state index in [0.29, 0.717) is 6.04 Å². The number of hydrogen-bond donors (Lipinski definition) is 1. The van der Waals surface area contributed by atoms with Crippen molar-refractivity contribution in [3.8, 4) is 0 Å². The van der Waals surface area contributed by atoms with E-state index in [2.05, 4.69) is 58.8 Å². The van der Waals surface area contributed by atoms with E-state index in [9.17, 15) is 0 Å². The van der Waals surface area contributed by atoms with E-state index >= 15 is 0 Å². The zero-order chi connectivity index (χ0) is 14.4. The number of hydrogen-bond acceptors (Lipinski definition) is 5. The molecule has 1 aromatic carbocycles. The first-order valence-corrected chi connectivity index (χ1v) is 7.81. The Balaban J connectivity index is 1.91. The number of rotatable bonds is 7. The second kappa shape index (κ2) is 7.40. The van der Waals surface area contributed by atoms with Gasteiger partial charge in [0.1, 0.15) is 0 Å². The normalized spacial score (nSPS) is 12.6. The van der Waals surface area contributed by atoms with Gasteiger partial charge in [-0.1, -0.05) is 24.6 Å². The van der Waals surface area contributed by atoms with Gasteiger partial charge >= 0.3 is 0 Å². The van der Waals surface area contributed by atoms with Gasteiger partial charge in [0.2, 0.25) is 0 Å². The molecule has 1 N–H and O–H groups in total. The molecule has 6 heteroatoms. The van der Waals surface area contributed by atoms with Crippen molar-refractivity contribution < 1.29 is 0 Å². The molecule has 0 spiro atoms. The Hall–Kier alpha value is -1.40. The number of tetrazole rings is 1. The number of nitrogens with one attached hydrogen (secondary N) is 1. The average molecular weight is 291 g/mol. The van der Waals surface area contributed by atoms with Crippen molar-refractivity contribution in [1.82, 2.24) is 25.5 Å². The highest BCUT2D eigenvalue weighted by atomic mass is 32.2. The van der Waals surface area contributed by atoms with E-state index < -0.39 is 0 Å². The minimum Gasteiger partial charge on any atom is -0.313 e. The van der Waals surface area contributed by atoms with Crippen molar-refractivity contribution in [2.24, 2.45) is 7.05 Å². The fourth-order valence-electron chi connectivity index (χ4n) is 2.01. The summed E-state index contributed by atoms with van der Waals surface area (Å²) in [7, 11) is 1.79. The SMILES string of the molecule is CCNC(CSc1cccc(C)c1)Cc1nnn(C)n1. The quantitative estimate of drug-likeness (QED) is 0.789. The highest BCUT2D eigenvalue weighted by Gasteiger charge is 2.12. The third-order valence-corrected chi connectivity index (χ3v) is 4.07. The molecule has 20 heavy (non-hydrogen) atoms.